The number of rotatable bonds is 4. The molecule has 2 unspecified atom stereocenters. The van der Waals surface area contributed by atoms with Crippen LogP contribution in [0.4, 0.5) is 0 Å². The topological polar surface area (TPSA) is 12.0 Å². The first kappa shape index (κ1) is 11.2. The van der Waals surface area contributed by atoms with E-state index in [4.69, 9.17) is 0 Å². The van der Waals surface area contributed by atoms with Gasteiger partial charge in [0.25, 0.3) is 0 Å². The van der Waals surface area contributed by atoms with Crippen LogP contribution < -0.4 is 5.32 Å². The summed E-state index contributed by atoms with van der Waals surface area (Å²) in [5, 5.41) is 8.14. The molecule has 1 saturated carbocycles. The largest absolute Gasteiger partial charge is 0.310 e. The van der Waals surface area contributed by atoms with E-state index in [1.54, 1.807) is 11.3 Å². The second-order valence-corrected chi connectivity index (χ2v) is 5.35. The smallest absolute Gasteiger partial charge is 0.0216 e. The molecule has 0 aliphatic heterocycles. The molecule has 1 aliphatic carbocycles. The van der Waals surface area contributed by atoms with Gasteiger partial charge in [-0.1, -0.05) is 26.2 Å². The zero-order valence-electron chi connectivity index (χ0n) is 9.54. The molecule has 0 bridgehead atoms. The highest BCUT2D eigenvalue weighted by atomic mass is 32.1. The molecule has 2 atom stereocenters. The number of hydrogen-bond donors (Lipinski definition) is 1. The summed E-state index contributed by atoms with van der Waals surface area (Å²) in [6.45, 7) is 3.39. The first-order valence-corrected chi connectivity index (χ1v) is 7.09. The average Bonchev–Trinajstić information content (AvgIpc) is 2.79. The third-order valence-electron chi connectivity index (χ3n) is 3.58. The van der Waals surface area contributed by atoms with Crippen molar-refractivity contribution in [3.63, 3.8) is 0 Å². The van der Waals surface area contributed by atoms with Crippen molar-refractivity contribution < 1.29 is 0 Å². The van der Waals surface area contributed by atoms with Gasteiger partial charge < -0.3 is 5.32 Å². The Morgan fingerprint density at radius 2 is 2.27 bits per heavy atom. The summed E-state index contributed by atoms with van der Waals surface area (Å²) in [6, 6.07) is 2.99. The molecule has 1 aromatic rings. The molecule has 1 fully saturated rings. The van der Waals surface area contributed by atoms with Crippen molar-refractivity contribution in [2.24, 2.45) is 5.92 Å². The fourth-order valence-corrected chi connectivity index (χ4v) is 3.28. The van der Waals surface area contributed by atoms with Crippen molar-refractivity contribution in [3.8, 4) is 0 Å². The van der Waals surface area contributed by atoms with Gasteiger partial charge >= 0.3 is 0 Å². The summed E-state index contributed by atoms with van der Waals surface area (Å²) in [6.07, 6.45) is 6.99. The molecular formula is C13H21NS. The normalized spacial score (nSPS) is 26.7. The zero-order valence-corrected chi connectivity index (χ0v) is 10.4. The fraction of sp³-hybridized carbons (Fsp3) is 0.692. The van der Waals surface area contributed by atoms with Crippen LogP contribution in [0.2, 0.25) is 0 Å². The average molecular weight is 223 g/mol. The van der Waals surface area contributed by atoms with E-state index >= 15 is 0 Å². The quantitative estimate of drug-likeness (QED) is 0.818. The fourth-order valence-electron chi connectivity index (χ4n) is 2.61. The maximum Gasteiger partial charge on any atom is 0.0216 e. The molecule has 0 amide bonds. The molecule has 1 aliphatic rings. The van der Waals surface area contributed by atoms with E-state index in [2.05, 4.69) is 29.1 Å². The summed E-state index contributed by atoms with van der Waals surface area (Å²) in [4.78, 5) is 0. The summed E-state index contributed by atoms with van der Waals surface area (Å²) in [5.41, 5.74) is 1.44. The molecule has 15 heavy (non-hydrogen) atoms. The van der Waals surface area contributed by atoms with Crippen LogP contribution in [0.3, 0.4) is 0 Å². The lowest BCUT2D eigenvalue weighted by atomic mass is 9.83. The van der Waals surface area contributed by atoms with Crippen molar-refractivity contribution in [1.82, 2.24) is 5.32 Å². The van der Waals surface area contributed by atoms with Crippen LogP contribution in [0.25, 0.3) is 0 Å². The van der Waals surface area contributed by atoms with E-state index in [1.807, 2.05) is 0 Å². The van der Waals surface area contributed by atoms with Crippen LogP contribution in [0, 0.1) is 5.92 Å². The van der Waals surface area contributed by atoms with Crippen molar-refractivity contribution in [2.75, 3.05) is 0 Å². The summed E-state index contributed by atoms with van der Waals surface area (Å²) in [5.74, 6) is 0.914. The van der Waals surface area contributed by atoms with Gasteiger partial charge in [0.15, 0.2) is 0 Å². The molecule has 2 heteroatoms. The van der Waals surface area contributed by atoms with Gasteiger partial charge in [-0.2, -0.15) is 11.3 Å². The predicted molar refractivity (Wildman–Crippen MR) is 67.2 cm³/mol. The van der Waals surface area contributed by atoms with Crippen molar-refractivity contribution in [1.29, 1.82) is 0 Å². The van der Waals surface area contributed by atoms with Gasteiger partial charge in [0.1, 0.15) is 0 Å². The summed E-state index contributed by atoms with van der Waals surface area (Å²) >= 11 is 1.79. The Labute approximate surface area is 96.9 Å². The van der Waals surface area contributed by atoms with Crippen LogP contribution in [0.15, 0.2) is 16.8 Å². The van der Waals surface area contributed by atoms with Crippen LogP contribution in [-0.2, 0) is 6.54 Å². The highest BCUT2D eigenvalue weighted by Crippen LogP contribution is 2.27. The lowest BCUT2D eigenvalue weighted by Gasteiger charge is -2.31. The molecule has 1 N–H and O–H groups in total. The van der Waals surface area contributed by atoms with Gasteiger partial charge in [0.05, 0.1) is 0 Å². The van der Waals surface area contributed by atoms with E-state index in [0.717, 1.165) is 18.5 Å². The molecule has 1 aromatic heterocycles. The summed E-state index contributed by atoms with van der Waals surface area (Å²) < 4.78 is 0. The third kappa shape index (κ3) is 3.05. The molecule has 84 valence electrons. The predicted octanol–water partition coefficient (Wildman–Crippen LogP) is 3.81. The molecule has 0 radical (unpaired) electrons. The van der Waals surface area contributed by atoms with Gasteiger partial charge in [-0.05, 0) is 41.1 Å². The van der Waals surface area contributed by atoms with Gasteiger partial charge in [0, 0.05) is 12.6 Å². The minimum Gasteiger partial charge on any atom is -0.310 e. The Bertz CT molecular complexity index is 268. The monoisotopic (exact) mass is 223 g/mol. The lowest BCUT2D eigenvalue weighted by Crippen LogP contribution is -2.37. The molecule has 0 saturated heterocycles. The van der Waals surface area contributed by atoms with E-state index in [1.165, 1.54) is 37.7 Å². The minimum absolute atomic E-state index is 0.767. The standard InChI is InChI=1S/C13H21NS/c1-2-12-5-3-4-6-13(12)14-9-11-7-8-15-10-11/h7-8,10,12-14H,2-6,9H2,1H3. The number of thiophene rings is 1. The zero-order chi connectivity index (χ0) is 10.5. The van der Waals surface area contributed by atoms with Crippen LogP contribution >= 0.6 is 11.3 Å². The van der Waals surface area contributed by atoms with E-state index in [0.29, 0.717) is 0 Å². The maximum atomic E-state index is 3.73. The molecule has 1 heterocycles. The first-order valence-electron chi connectivity index (χ1n) is 6.14. The van der Waals surface area contributed by atoms with E-state index < -0.39 is 0 Å². The minimum atomic E-state index is 0.767. The first-order chi connectivity index (χ1) is 7.40. The Morgan fingerprint density at radius 1 is 1.40 bits per heavy atom. The second kappa shape index (κ2) is 5.66. The number of nitrogens with one attached hydrogen (secondary N) is 1. The van der Waals surface area contributed by atoms with Gasteiger partial charge in [0.2, 0.25) is 0 Å². The Balaban J connectivity index is 1.81. The van der Waals surface area contributed by atoms with Crippen LogP contribution in [-0.4, -0.2) is 6.04 Å². The van der Waals surface area contributed by atoms with Gasteiger partial charge in [-0.15, -0.1) is 0 Å². The Kier molecular flexibility index (Phi) is 4.21. The van der Waals surface area contributed by atoms with Gasteiger partial charge in [-0.3, -0.25) is 0 Å². The van der Waals surface area contributed by atoms with Crippen molar-refractivity contribution >= 4 is 11.3 Å². The third-order valence-corrected chi connectivity index (χ3v) is 4.31. The molecule has 0 aromatic carbocycles. The van der Waals surface area contributed by atoms with Crippen molar-refractivity contribution in [2.45, 2.75) is 51.6 Å². The van der Waals surface area contributed by atoms with Crippen LogP contribution in [0.1, 0.15) is 44.6 Å². The SMILES string of the molecule is CCC1CCCCC1NCc1ccsc1. The van der Waals surface area contributed by atoms with Crippen LogP contribution in [0.5, 0.6) is 0 Å². The number of hydrogen-bond acceptors (Lipinski definition) is 2. The Morgan fingerprint density at radius 3 is 3.00 bits per heavy atom. The second-order valence-electron chi connectivity index (χ2n) is 4.57. The molecule has 1 nitrogen and oxygen atoms in total. The highest BCUT2D eigenvalue weighted by Gasteiger charge is 2.22. The summed E-state index contributed by atoms with van der Waals surface area (Å²) in [7, 11) is 0. The molecule has 2 rings (SSSR count). The van der Waals surface area contributed by atoms with Gasteiger partial charge in [-0.25, -0.2) is 0 Å². The van der Waals surface area contributed by atoms with E-state index in [-0.39, 0.29) is 0 Å². The maximum absolute atomic E-state index is 3.73. The van der Waals surface area contributed by atoms with E-state index in [9.17, 15) is 0 Å². The Hall–Kier alpha value is -0.340. The lowest BCUT2D eigenvalue weighted by molar-refractivity contribution is 0.254. The molecule has 0 spiro atoms. The van der Waals surface area contributed by atoms with Crippen molar-refractivity contribution in [3.05, 3.63) is 22.4 Å². The highest BCUT2D eigenvalue weighted by molar-refractivity contribution is 7.07. The molecular weight excluding hydrogens is 202 g/mol.